The van der Waals surface area contributed by atoms with E-state index < -0.39 is 11.3 Å². The number of nitrogens with zero attached hydrogens (tertiary/aromatic N) is 6. The van der Waals surface area contributed by atoms with Crippen LogP contribution in [0.15, 0.2) is 41.6 Å². The Morgan fingerprint density at radius 2 is 2.07 bits per heavy atom. The van der Waals surface area contributed by atoms with Crippen molar-refractivity contribution in [1.29, 1.82) is 0 Å². The van der Waals surface area contributed by atoms with Crippen LogP contribution in [0.1, 0.15) is 29.9 Å². The van der Waals surface area contributed by atoms with Gasteiger partial charge in [0.1, 0.15) is 10.9 Å². The Hall–Kier alpha value is -2.36. The molecular formula is C19H21ClFN7S. The van der Waals surface area contributed by atoms with E-state index in [0.717, 1.165) is 16.4 Å². The van der Waals surface area contributed by atoms with E-state index in [-0.39, 0.29) is 17.6 Å². The molecular weight excluding hydrogens is 413 g/mol. The fourth-order valence-electron chi connectivity index (χ4n) is 3.27. The van der Waals surface area contributed by atoms with E-state index in [4.69, 9.17) is 17.3 Å². The molecule has 0 fully saturated rings. The van der Waals surface area contributed by atoms with Crippen molar-refractivity contribution in [3.05, 3.63) is 64.3 Å². The summed E-state index contributed by atoms with van der Waals surface area (Å²) in [6.45, 7) is 6.29. The molecule has 1 aliphatic heterocycles. The SMILES string of the molecule is Cc1cc(C)n(C(C)C2=NN(c3ccn(Cc4cccc(Cl)c4F)n3)C(N)S2)n1. The number of thioether (sulfide) groups is 1. The van der Waals surface area contributed by atoms with Gasteiger partial charge in [0, 0.05) is 23.5 Å². The molecule has 152 valence electrons. The number of hydrogen-bond acceptors (Lipinski definition) is 6. The Kier molecular flexibility index (Phi) is 5.37. The van der Waals surface area contributed by atoms with Crippen molar-refractivity contribution < 1.29 is 4.39 Å². The van der Waals surface area contributed by atoms with Gasteiger partial charge in [-0.25, -0.2) is 9.40 Å². The van der Waals surface area contributed by atoms with Crippen LogP contribution in [0.4, 0.5) is 10.2 Å². The predicted octanol–water partition coefficient (Wildman–Crippen LogP) is 3.91. The molecule has 4 rings (SSSR count). The van der Waals surface area contributed by atoms with E-state index in [9.17, 15) is 4.39 Å². The third-order valence-corrected chi connectivity index (χ3v) is 6.08. The first kappa shape index (κ1) is 19.9. The maximum absolute atomic E-state index is 14.2. The summed E-state index contributed by atoms with van der Waals surface area (Å²) < 4.78 is 17.7. The standard InChI is InChI=1S/C19H21ClFN7S/c1-11-9-12(2)27(23-11)13(3)18-25-28(19(22)29-18)16-7-8-26(24-16)10-14-5-4-6-15(20)17(14)21/h4-9,13,19H,10,22H2,1-3H3. The first-order chi connectivity index (χ1) is 13.8. The molecule has 7 nitrogen and oxygen atoms in total. The number of anilines is 1. The van der Waals surface area contributed by atoms with E-state index in [1.54, 1.807) is 28.0 Å². The monoisotopic (exact) mass is 433 g/mol. The van der Waals surface area contributed by atoms with Crippen LogP contribution in [0.2, 0.25) is 5.02 Å². The summed E-state index contributed by atoms with van der Waals surface area (Å²) in [5.41, 5.74) is 8.39. The van der Waals surface area contributed by atoms with Crippen molar-refractivity contribution in [2.24, 2.45) is 10.8 Å². The molecule has 0 amide bonds. The fraction of sp³-hybridized carbons (Fsp3) is 0.316. The van der Waals surface area contributed by atoms with E-state index in [1.165, 1.54) is 17.8 Å². The van der Waals surface area contributed by atoms with Gasteiger partial charge in [-0.1, -0.05) is 35.5 Å². The van der Waals surface area contributed by atoms with Crippen LogP contribution in [-0.4, -0.2) is 30.1 Å². The van der Waals surface area contributed by atoms with Crippen LogP contribution < -0.4 is 10.7 Å². The summed E-state index contributed by atoms with van der Waals surface area (Å²) in [4.78, 5) is 0. The van der Waals surface area contributed by atoms with Gasteiger partial charge in [-0.2, -0.15) is 15.3 Å². The summed E-state index contributed by atoms with van der Waals surface area (Å²) in [6, 6.07) is 8.73. The number of aromatic nitrogens is 4. The van der Waals surface area contributed by atoms with Crippen LogP contribution in [-0.2, 0) is 6.54 Å². The number of aryl methyl sites for hydroxylation is 2. The molecule has 2 atom stereocenters. The molecule has 10 heteroatoms. The number of nitrogens with two attached hydrogens (primary N) is 1. The highest BCUT2D eigenvalue weighted by molar-refractivity contribution is 8.14. The second kappa shape index (κ2) is 7.81. The van der Waals surface area contributed by atoms with Crippen molar-refractivity contribution in [2.45, 2.75) is 38.9 Å². The van der Waals surface area contributed by atoms with Crippen molar-refractivity contribution in [3.8, 4) is 0 Å². The van der Waals surface area contributed by atoms with Crippen LogP contribution in [0.25, 0.3) is 0 Å². The van der Waals surface area contributed by atoms with Crippen LogP contribution >= 0.6 is 23.4 Å². The average molecular weight is 434 g/mol. The fourth-order valence-corrected chi connectivity index (χ4v) is 4.40. The molecule has 1 aliphatic rings. The van der Waals surface area contributed by atoms with E-state index in [1.807, 2.05) is 37.6 Å². The number of rotatable bonds is 5. The van der Waals surface area contributed by atoms with Crippen LogP contribution in [0.5, 0.6) is 0 Å². The second-order valence-electron chi connectivity index (χ2n) is 6.92. The van der Waals surface area contributed by atoms with Crippen molar-refractivity contribution in [2.75, 3.05) is 5.01 Å². The minimum Gasteiger partial charge on any atom is -0.301 e. The zero-order valence-electron chi connectivity index (χ0n) is 16.3. The minimum absolute atomic E-state index is 0.0348. The van der Waals surface area contributed by atoms with Gasteiger partial charge in [0.15, 0.2) is 11.3 Å². The van der Waals surface area contributed by atoms with E-state index in [2.05, 4.69) is 15.3 Å². The lowest BCUT2D eigenvalue weighted by molar-refractivity contribution is 0.583. The highest BCUT2D eigenvalue weighted by Gasteiger charge is 2.31. The normalized spacial score (nSPS) is 17.7. The number of halogens is 2. The van der Waals surface area contributed by atoms with Crippen molar-refractivity contribution in [1.82, 2.24) is 19.6 Å². The Labute approximate surface area is 177 Å². The molecule has 2 unspecified atom stereocenters. The van der Waals surface area contributed by atoms with Crippen molar-refractivity contribution >= 4 is 34.2 Å². The summed E-state index contributed by atoms with van der Waals surface area (Å²) in [7, 11) is 0. The second-order valence-corrected chi connectivity index (χ2v) is 8.47. The third kappa shape index (κ3) is 3.90. The summed E-state index contributed by atoms with van der Waals surface area (Å²) in [5.74, 6) is 0.168. The Balaban J connectivity index is 1.54. The molecule has 2 N–H and O–H groups in total. The van der Waals surface area contributed by atoms with Gasteiger partial charge in [0.25, 0.3) is 0 Å². The molecule has 29 heavy (non-hydrogen) atoms. The lowest BCUT2D eigenvalue weighted by Gasteiger charge is -2.15. The number of hydrazone groups is 1. The highest BCUT2D eigenvalue weighted by atomic mass is 35.5. The quantitative estimate of drug-likeness (QED) is 0.660. The average Bonchev–Trinajstić information content (AvgIpc) is 3.37. The van der Waals surface area contributed by atoms with Gasteiger partial charge in [-0.3, -0.25) is 9.36 Å². The minimum atomic E-state index is -0.432. The first-order valence-corrected chi connectivity index (χ1v) is 10.4. The Morgan fingerprint density at radius 3 is 2.79 bits per heavy atom. The third-order valence-electron chi connectivity index (χ3n) is 4.68. The maximum atomic E-state index is 14.2. The van der Waals surface area contributed by atoms with Gasteiger partial charge in [-0.15, -0.1) is 0 Å². The molecule has 0 spiro atoms. The van der Waals surface area contributed by atoms with Gasteiger partial charge in [0.05, 0.1) is 23.3 Å². The zero-order chi connectivity index (χ0) is 20.7. The van der Waals surface area contributed by atoms with Crippen LogP contribution in [0.3, 0.4) is 0 Å². The van der Waals surface area contributed by atoms with Gasteiger partial charge in [-0.05, 0) is 32.9 Å². The largest absolute Gasteiger partial charge is 0.301 e. The van der Waals surface area contributed by atoms with Gasteiger partial charge >= 0.3 is 0 Å². The predicted molar refractivity (Wildman–Crippen MR) is 115 cm³/mol. The maximum Gasteiger partial charge on any atom is 0.173 e. The van der Waals surface area contributed by atoms with Gasteiger partial charge in [0.2, 0.25) is 0 Å². The summed E-state index contributed by atoms with van der Waals surface area (Å²) in [6.07, 6.45) is 1.77. The first-order valence-electron chi connectivity index (χ1n) is 9.12. The molecule has 0 bridgehead atoms. The topological polar surface area (TPSA) is 77.3 Å². The lowest BCUT2D eigenvalue weighted by Crippen LogP contribution is -2.32. The van der Waals surface area contributed by atoms with E-state index in [0.29, 0.717) is 11.4 Å². The molecule has 1 aromatic carbocycles. The molecule has 0 radical (unpaired) electrons. The Bertz CT molecular complexity index is 1080. The number of hydrogen-bond donors (Lipinski definition) is 1. The zero-order valence-corrected chi connectivity index (χ0v) is 17.8. The molecule has 0 saturated carbocycles. The van der Waals surface area contributed by atoms with Crippen molar-refractivity contribution in [3.63, 3.8) is 0 Å². The smallest absolute Gasteiger partial charge is 0.173 e. The summed E-state index contributed by atoms with van der Waals surface area (Å²) >= 11 is 7.33. The highest BCUT2D eigenvalue weighted by Crippen LogP contribution is 2.32. The lowest BCUT2D eigenvalue weighted by atomic mass is 10.2. The number of benzene rings is 1. The van der Waals surface area contributed by atoms with Crippen LogP contribution in [0, 0.1) is 19.7 Å². The molecule has 3 aromatic rings. The molecule has 2 aromatic heterocycles. The molecule has 0 saturated heterocycles. The Morgan fingerprint density at radius 1 is 1.28 bits per heavy atom. The van der Waals surface area contributed by atoms with E-state index >= 15 is 0 Å². The summed E-state index contributed by atoms with van der Waals surface area (Å²) in [5, 5.41) is 16.4. The molecule has 0 aliphatic carbocycles. The molecule has 3 heterocycles. The van der Waals surface area contributed by atoms with Gasteiger partial charge < -0.3 is 5.73 Å².